The van der Waals surface area contributed by atoms with Gasteiger partial charge in [0.2, 0.25) is 11.8 Å². The zero-order valence-electron chi connectivity index (χ0n) is 19.2. The summed E-state index contributed by atoms with van der Waals surface area (Å²) in [4.78, 5) is 6.25. The van der Waals surface area contributed by atoms with Gasteiger partial charge in [-0.15, -0.1) is 0 Å². The predicted octanol–water partition coefficient (Wildman–Crippen LogP) is 4.05. The summed E-state index contributed by atoms with van der Waals surface area (Å²) in [5.74, 6) is 1.51. The molecule has 1 aliphatic heterocycles. The molecule has 8 nitrogen and oxygen atoms in total. The lowest BCUT2D eigenvalue weighted by Crippen LogP contribution is -2.18. The second-order valence-electron chi connectivity index (χ2n) is 7.74. The molecule has 0 saturated heterocycles. The molecular weight excluding hydrogens is 418 g/mol. The molecule has 168 valence electrons. The Morgan fingerprint density at radius 1 is 1.12 bits per heavy atom. The summed E-state index contributed by atoms with van der Waals surface area (Å²) in [7, 11) is 6.89. The quantitative estimate of drug-likeness (QED) is 0.422. The lowest BCUT2D eigenvalue weighted by atomic mass is 9.84. The maximum atomic E-state index is 10.2. The summed E-state index contributed by atoms with van der Waals surface area (Å²) in [6, 6.07) is 17.7. The van der Waals surface area contributed by atoms with Gasteiger partial charge in [0.25, 0.3) is 0 Å². The number of nitrogens with zero attached hydrogens (tertiary/aromatic N) is 5. The Morgan fingerprint density at radius 3 is 2.48 bits per heavy atom. The van der Waals surface area contributed by atoms with E-state index in [1.54, 1.807) is 30.1 Å². The molecule has 1 atom stereocenters. The van der Waals surface area contributed by atoms with Gasteiger partial charge in [-0.25, -0.2) is 9.67 Å². The third-order valence-electron chi connectivity index (χ3n) is 5.33. The van der Waals surface area contributed by atoms with E-state index in [1.165, 1.54) is 0 Å². The molecule has 0 saturated carbocycles. The minimum absolute atomic E-state index is 0.232. The number of methoxy groups -OCH3 is 2. The molecule has 1 aliphatic rings. The standard InChI is InChI=1S/C25H25N5O3/c1-16-22-23(17-11-12-20(31-4)21(13-17)32-5)19(14-26)24(27-15-29(2)3)33-25(22)30(28-16)18-9-7-6-8-10-18/h6-13,15,23H,1-5H3. The highest BCUT2D eigenvalue weighted by molar-refractivity contribution is 5.62. The van der Waals surface area contributed by atoms with E-state index in [4.69, 9.17) is 19.3 Å². The molecule has 0 radical (unpaired) electrons. The number of hydrogen-bond acceptors (Lipinski definition) is 6. The normalized spacial score (nSPS) is 15.1. The highest BCUT2D eigenvalue weighted by Gasteiger charge is 2.37. The van der Waals surface area contributed by atoms with Crippen LogP contribution in [0.2, 0.25) is 0 Å². The Balaban J connectivity index is 1.98. The number of fused-ring (bicyclic) bond motifs is 1. The topological polar surface area (TPSA) is 84.9 Å². The first-order valence-corrected chi connectivity index (χ1v) is 10.4. The van der Waals surface area contributed by atoms with Crippen LogP contribution in [0.3, 0.4) is 0 Å². The van der Waals surface area contributed by atoms with Crippen molar-refractivity contribution in [2.24, 2.45) is 4.99 Å². The number of nitriles is 1. The lowest BCUT2D eigenvalue weighted by molar-refractivity contribution is 0.353. The molecule has 0 fully saturated rings. The van der Waals surface area contributed by atoms with E-state index in [0.29, 0.717) is 23.0 Å². The predicted molar refractivity (Wildman–Crippen MR) is 125 cm³/mol. The average Bonchev–Trinajstić information content (AvgIpc) is 3.17. The van der Waals surface area contributed by atoms with Crippen LogP contribution in [0.15, 0.2) is 65.0 Å². The Morgan fingerprint density at radius 2 is 1.85 bits per heavy atom. The minimum Gasteiger partial charge on any atom is -0.493 e. The number of ether oxygens (including phenoxy) is 3. The average molecular weight is 444 g/mol. The van der Waals surface area contributed by atoms with Crippen LogP contribution in [-0.2, 0) is 0 Å². The van der Waals surface area contributed by atoms with Crippen LogP contribution >= 0.6 is 0 Å². The molecule has 3 aromatic rings. The molecule has 4 rings (SSSR count). The highest BCUT2D eigenvalue weighted by Crippen LogP contribution is 2.47. The van der Waals surface area contributed by atoms with Crippen molar-refractivity contribution < 1.29 is 14.2 Å². The fourth-order valence-electron chi connectivity index (χ4n) is 3.85. The molecule has 8 heteroatoms. The molecule has 2 aromatic carbocycles. The van der Waals surface area contributed by atoms with Crippen LogP contribution in [0.5, 0.6) is 17.4 Å². The third kappa shape index (κ3) is 4.01. The molecule has 2 heterocycles. The van der Waals surface area contributed by atoms with Gasteiger partial charge in [-0.3, -0.25) is 0 Å². The van der Waals surface area contributed by atoms with Gasteiger partial charge in [-0.2, -0.15) is 10.4 Å². The molecule has 0 spiro atoms. The van der Waals surface area contributed by atoms with Crippen molar-refractivity contribution in [3.05, 3.63) is 76.8 Å². The van der Waals surface area contributed by atoms with Crippen LogP contribution in [0.4, 0.5) is 0 Å². The molecular formula is C25H25N5O3. The van der Waals surface area contributed by atoms with E-state index >= 15 is 0 Å². The number of aryl methyl sites for hydroxylation is 1. The van der Waals surface area contributed by atoms with Crippen LogP contribution in [0.25, 0.3) is 5.69 Å². The van der Waals surface area contributed by atoms with E-state index < -0.39 is 5.92 Å². The number of aliphatic imine (C=N–C) groups is 1. The van der Waals surface area contributed by atoms with Crippen molar-refractivity contribution in [2.75, 3.05) is 28.3 Å². The summed E-state index contributed by atoms with van der Waals surface area (Å²) in [5, 5.41) is 14.9. The van der Waals surface area contributed by atoms with Crippen molar-refractivity contribution >= 4 is 6.34 Å². The van der Waals surface area contributed by atoms with Gasteiger partial charge in [0, 0.05) is 14.1 Å². The van der Waals surface area contributed by atoms with E-state index in [-0.39, 0.29) is 5.88 Å². The zero-order chi connectivity index (χ0) is 23.5. The zero-order valence-corrected chi connectivity index (χ0v) is 19.2. The molecule has 0 N–H and O–H groups in total. The van der Waals surface area contributed by atoms with E-state index in [2.05, 4.69) is 11.1 Å². The monoisotopic (exact) mass is 443 g/mol. The van der Waals surface area contributed by atoms with Crippen LogP contribution < -0.4 is 14.2 Å². The number of allylic oxidation sites excluding steroid dienone is 1. The lowest BCUT2D eigenvalue weighted by Gasteiger charge is -2.25. The maximum absolute atomic E-state index is 10.2. The first-order valence-electron chi connectivity index (χ1n) is 10.4. The van der Waals surface area contributed by atoms with Crippen molar-refractivity contribution in [3.63, 3.8) is 0 Å². The summed E-state index contributed by atoms with van der Waals surface area (Å²) < 4.78 is 18.9. The second kappa shape index (κ2) is 9.09. The maximum Gasteiger partial charge on any atom is 0.237 e. The van der Waals surface area contributed by atoms with E-state index in [0.717, 1.165) is 22.5 Å². The first kappa shape index (κ1) is 22.0. The van der Waals surface area contributed by atoms with Gasteiger partial charge < -0.3 is 19.1 Å². The number of para-hydroxylation sites is 1. The number of aromatic nitrogens is 2. The Hall–Kier alpha value is -4.25. The van der Waals surface area contributed by atoms with Crippen molar-refractivity contribution in [3.8, 4) is 29.1 Å². The van der Waals surface area contributed by atoms with Gasteiger partial charge in [0.1, 0.15) is 11.6 Å². The van der Waals surface area contributed by atoms with Crippen LogP contribution in [0, 0.1) is 18.3 Å². The largest absolute Gasteiger partial charge is 0.493 e. The van der Waals surface area contributed by atoms with Gasteiger partial charge in [-0.05, 0) is 36.8 Å². The van der Waals surface area contributed by atoms with Crippen LogP contribution in [0.1, 0.15) is 22.7 Å². The van der Waals surface area contributed by atoms with E-state index in [1.807, 2.05) is 69.6 Å². The van der Waals surface area contributed by atoms with Gasteiger partial charge >= 0.3 is 0 Å². The van der Waals surface area contributed by atoms with Gasteiger partial charge in [0.05, 0.1) is 43.4 Å². The SMILES string of the molecule is COc1ccc(C2C(C#N)=C(N=CN(C)C)Oc3c2c(C)nn3-c2ccccc2)cc1OC. The molecule has 33 heavy (non-hydrogen) atoms. The van der Waals surface area contributed by atoms with Crippen molar-refractivity contribution in [1.82, 2.24) is 14.7 Å². The smallest absolute Gasteiger partial charge is 0.237 e. The van der Waals surface area contributed by atoms with Crippen LogP contribution in [-0.4, -0.2) is 49.3 Å². The second-order valence-corrected chi connectivity index (χ2v) is 7.74. The van der Waals surface area contributed by atoms with Gasteiger partial charge in [0.15, 0.2) is 11.5 Å². The molecule has 0 amide bonds. The molecule has 1 unspecified atom stereocenters. The summed E-state index contributed by atoms with van der Waals surface area (Å²) in [6.07, 6.45) is 1.61. The summed E-state index contributed by atoms with van der Waals surface area (Å²) in [6.45, 7) is 1.92. The summed E-state index contributed by atoms with van der Waals surface area (Å²) in [5.41, 5.74) is 3.67. The molecule has 0 bridgehead atoms. The fraction of sp³-hybridized carbons (Fsp3) is 0.240. The first-order chi connectivity index (χ1) is 16.0. The number of benzene rings is 2. The molecule has 0 aliphatic carbocycles. The Labute approximate surface area is 192 Å². The van der Waals surface area contributed by atoms with Gasteiger partial charge in [-0.1, -0.05) is 24.3 Å². The Bertz CT molecular complexity index is 1270. The number of hydrogen-bond donors (Lipinski definition) is 0. The fourth-order valence-corrected chi connectivity index (χ4v) is 3.85. The minimum atomic E-state index is -0.440. The van der Waals surface area contributed by atoms with Crippen molar-refractivity contribution in [1.29, 1.82) is 5.26 Å². The number of rotatable bonds is 6. The summed E-state index contributed by atoms with van der Waals surface area (Å²) >= 11 is 0. The molecule has 1 aromatic heterocycles. The third-order valence-corrected chi connectivity index (χ3v) is 5.33. The Kier molecular flexibility index (Phi) is 6.05. The van der Waals surface area contributed by atoms with Crippen molar-refractivity contribution in [2.45, 2.75) is 12.8 Å². The highest BCUT2D eigenvalue weighted by atomic mass is 16.5. The van der Waals surface area contributed by atoms with E-state index in [9.17, 15) is 5.26 Å².